The number of carbonyl (C=O) groups excluding carboxylic acids is 1. The summed E-state index contributed by atoms with van der Waals surface area (Å²) in [5, 5.41) is 3.22. The van der Waals surface area contributed by atoms with Gasteiger partial charge in [0.25, 0.3) is 0 Å². The van der Waals surface area contributed by atoms with Crippen molar-refractivity contribution in [1.29, 1.82) is 0 Å². The molecular formula is C15H25NO4. The topological polar surface area (TPSA) is 60.7 Å². The van der Waals surface area contributed by atoms with Crippen LogP contribution in [0.15, 0.2) is 10.5 Å². The van der Waals surface area contributed by atoms with Crippen LogP contribution < -0.4 is 5.32 Å². The highest BCUT2D eigenvalue weighted by Crippen LogP contribution is 2.15. The molecule has 20 heavy (non-hydrogen) atoms. The molecule has 0 aromatic carbocycles. The van der Waals surface area contributed by atoms with Crippen LogP contribution in [-0.4, -0.2) is 32.8 Å². The molecule has 114 valence electrons. The van der Waals surface area contributed by atoms with E-state index < -0.39 is 0 Å². The fourth-order valence-electron chi connectivity index (χ4n) is 1.72. The van der Waals surface area contributed by atoms with Gasteiger partial charge in [-0.1, -0.05) is 13.8 Å². The molecule has 0 atom stereocenters. The largest absolute Gasteiger partial charge is 0.465 e. The predicted molar refractivity (Wildman–Crippen MR) is 76.8 cm³/mol. The second-order valence-corrected chi connectivity index (χ2v) is 5.15. The molecule has 0 bridgehead atoms. The minimum atomic E-state index is -0.366. The third-order valence-electron chi connectivity index (χ3n) is 2.94. The van der Waals surface area contributed by atoms with E-state index in [2.05, 4.69) is 23.9 Å². The van der Waals surface area contributed by atoms with E-state index in [-0.39, 0.29) is 5.97 Å². The van der Waals surface area contributed by atoms with Gasteiger partial charge in [0.1, 0.15) is 17.1 Å². The Balaban J connectivity index is 2.21. The molecule has 1 N–H and O–H groups in total. The molecule has 0 saturated carbocycles. The van der Waals surface area contributed by atoms with Gasteiger partial charge in [0.2, 0.25) is 0 Å². The van der Waals surface area contributed by atoms with Gasteiger partial charge in [0, 0.05) is 13.2 Å². The summed E-state index contributed by atoms with van der Waals surface area (Å²) in [7, 11) is 1.36. The highest BCUT2D eigenvalue weighted by Gasteiger charge is 2.14. The Labute approximate surface area is 120 Å². The van der Waals surface area contributed by atoms with Crippen LogP contribution in [-0.2, 0) is 16.0 Å². The van der Waals surface area contributed by atoms with Gasteiger partial charge in [-0.15, -0.1) is 0 Å². The zero-order chi connectivity index (χ0) is 15.0. The van der Waals surface area contributed by atoms with Gasteiger partial charge in [-0.05, 0) is 25.3 Å². The lowest BCUT2D eigenvalue weighted by Gasteiger charge is -2.06. The molecule has 5 nitrogen and oxygen atoms in total. The molecule has 1 heterocycles. The van der Waals surface area contributed by atoms with Crippen LogP contribution in [0.4, 0.5) is 0 Å². The summed E-state index contributed by atoms with van der Waals surface area (Å²) in [4.78, 5) is 11.4. The summed E-state index contributed by atoms with van der Waals surface area (Å²) in [5.41, 5.74) is 0.484. The van der Waals surface area contributed by atoms with Crippen LogP contribution in [0, 0.1) is 12.8 Å². The highest BCUT2D eigenvalue weighted by molar-refractivity contribution is 5.90. The fraction of sp³-hybridized carbons (Fsp3) is 0.667. The highest BCUT2D eigenvalue weighted by atomic mass is 16.5. The SMILES string of the molecule is COC(=O)c1cc(CNCCOCCC(C)C)oc1C. The number of hydrogen-bond donors (Lipinski definition) is 1. The number of methoxy groups -OCH3 is 1. The van der Waals surface area contributed by atoms with Crippen molar-refractivity contribution in [3.8, 4) is 0 Å². The molecule has 5 heteroatoms. The maximum absolute atomic E-state index is 11.4. The van der Waals surface area contributed by atoms with Gasteiger partial charge in [0.15, 0.2) is 0 Å². The van der Waals surface area contributed by atoms with Crippen LogP contribution in [0.1, 0.15) is 42.1 Å². The first-order valence-electron chi connectivity index (χ1n) is 7.00. The van der Waals surface area contributed by atoms with E-state index in [1.54, 1.807) is 13.0 Å². The summed E-state index contributed by atoms with van der Waals surface area (Å²) in [5.74, 6) is 1.62. The van der Waals surface area contributed by atoms with Gasteiger partial charge in [-0.2, -0.15) is 0 Å². The van der Waals surface area contributed by atoms with Crippen LogP contribution in [0.5, 0.6) is 0 Å². The molecule has 1 aromatic rings. The zero-order valence-corrected chi connectivity index (χ0v) is 12.8. The van der Waals surface area contributed by atoms with Gasteiger partial charge in [-0.25, -0.2) is 4.79 Å². The van der Waals surface area contributed by atoms with Gasteiger partial charge >= 0.3 is 5.97 Å². The average Bonchev–Trinajstić information content (AvgIpc) is 2.77. The Kier molecular flexibility index (Phi) is 7.33. The van der Waals surface area contributed by atoms with Crippen LogP contribution in [0.3, 0.4) is 0 Å². The number of esters is 1. The third kappa shape index (κ3) is 5.75. The van der Waals surface area contributed by atoms with E-state index in [0.29, 0.717) is 30.4 Å². The summed E-state index contributed by atoms with van der Waals surface area (Å²) < 4.78 is 15.7. The Morgan fingerprint density at radius 1 is 1.40 bits per heavy atom. The van der Waals surface area contributed by atoms with Crippen LogP contribution >= 0.6 is 0 Å². The van der Waals surface area contributed by atoms with Crippen molar-refractivity contribution in [2.45, 2.75) is 33.7 Å². The van der Waals surface area contributed by atoms with E-state index in [0.717, 1.165) is 25.3 Å². The van der Waals surface area contributed by atoms with Crippen molar-refractivity contribution in [1.82, 2.24) is 5.32 Å². The monoisotopic (exact) mass is 283 g/mol. The average molecular weight is 283 g/mol. The number of furan rings is 1. The predicted octanol–water partition coefficient (Wildman–Crippen LogP) is 2.53. The molecule has 0 saturated heterocycles. The number of carbonyl (C=O) groups is 1. The van der Waals surface area contributed by atoms with Gasteiger partial charge in [0.05, 0.1) is 20.3 Å². The fourth-order valence-corrected chi connectivity index (χ4v) is 1.72. The maximum Gasteiger partial charge on any atom is 0.341 e. The summed E-state index contributed by atoms with van der Waals surface area (Å²) in [6.45, 7) is 8.92. The molecule has 0 aliphatic heterocycles. The van der Waals surface area contributed by atoms with Crippen LogP contribution in [0.25, 0.3) is 0 Å². The molecule has 0 amide bonds. The van der Waals surface area contributed by atoms with E-state index >= 15 is 0 Å². The van der Waals surface area contributed by atoms with E-state index in [1.807, 2.05) is 0 Å². The maximum atomic E-state index is 11.4. The van der Waals surface area contributed by atoms with Crippen LogP contribution in [0.2, 0.25) is 0 Å². The first-order chi connectivity index (χ1) is 9.54. The van der Waals surface area contributed by atoms with Crippen molar-refractivity contribution in [3.63, 3.8) is 0 Å². The van der Waals surface area contributed by atoms with Crippen molar-refractivity contribution >= 4 is 5.97 Å². The van der Waals surface area contributed by atoms with E-state index in [4.69, 9.17) is 9.15 Å². The molecular weight excluding hydrogens is 258 g/mol. The molecule has 0 aliphatic carbocycles. The Bertz CT molecular complexity index is 412. The molecule has 1 rings (SSSR count). The third-order valence-corrected chi connectivity index (χ3v) is 2.94. The Morgan fingerprint density at radius 3 is 2.80 bits per heavy atom. The number of rotatable bonds is 9. The number of ether oxygens (including phenoxy) is 2. The zero-order valence-electron chi connectivity index (χ0n) is 12.8. The smallest absolute Gasteiger partial charge is 0.341 e. The molecule has 0 unspecified atom stereocenters. The normalized spacial score (nSPS) is 11.1. The lowest BCUT2D eigenvalue weighted by atomic mass is 10.1. The number of aryl methyl sites for hydroxylation is 1. The molecule has 0 spiro atoms. The molecule has 1 aromatic heterocycles. The lowest BCUT2D eigenvalue weighted by molar-refractivity contribution is 0.0599. The van der Waals surface area contributed by atoms with Crippen molar-refractivity contribution in [2.24, 2.45) is 5.92 Å². The standard InChI is InChI=1S/C15H25NO4/c1-11(2)5-7-19-8-6-16-10-13-9-14(12(3)20-13)15(17)18-4/h9,11,16H,5-8,10H2,1-4H3. The number of hydrogen-bond acceptors (Lipinski definition) is 5. The summed E-state index contributed by atoms with van der Waals surface area (Å²) in [6, 6.07) is 1.72. The van der Waals surface area contributed by atoms with Gasteiger partial charge < -0.3 is 19.2 Å². The Morgan fingerprint density at radius 2 is 2.15 bits per heavy atom. The molecule has 0 fully saturated rings. The quantitative estimate of drug-likeness (QED) is 0.557. The van der Waals surface area contributed by atoms with Crippen molar-refractivity contribution in [3.05, 3.63) is 23.2 Å². The van der Waals surface area contributed by atoms with E-state index in [1.165, 1.54) is 7.11 Å². The van der Waals surface area contributed by atoms with E-state index in [9.17, 15) is 4.79 Å². The molecule has 0 aliphatic rings. The number of nitrogens with one attached hydrogen (secondary N) is 1. The summed E-state index contributed by atoms with van der Waals surface area (Å²) >= 11 is 0. The lowest BCUT2D eigenvalue weighted by Crippen LogP contribution is -2.19. The second kappa shape index (κ2) is 8.76. The van der Waals surface area contributed by atoms with Crippen molar-refractivity contribution < 1.29 is 18.7 Å². The van der Waals surface area contributed by atoms with Gasteiger partial charge in [-0.3, -0.25) is 0 Å². The minimum absolute atomic E-state index is 0.366. The summed E-state index contributed by atoms with van der Waals surface area (Å²) in [6.07, 6.45) is 1.08. The second-order valence-electron chi connectivity index (χ2n) is 5.15. The Hall–Kier alpha value is -1.33. The first kappa shape index (κ1) is 16.7. The minimum Gasteiger partial charge on any atom is -0.465 e. The first-order valence-corrected chi connectivity index (χ1v) is 7.00. The molecule has 0 radical (unpaired) electrons. The van der Waals surface area contributed by atoms with Crippen molar-refractivity contribution in [2.75, 3.05) is 26.9 Å².